The van der Waals surface area contributed by atoms with E-state index in [1.165, 1.54) is 28.4 Å². The maximum absolute atomic E-state index is 12.1. The Morgan fingerprint density at radius 2 is 1.57 bits per heavy atom. The number of hydrogen-bond acceptors (Lipinski definition) is 7. The summed E-state index contributed by atoms with van der Waals surface area (Å²) in [5.41, 5.74) is 1.27. The van der Waals surface area contributed by atoms with Gasteiger partial charge in [0.25, 0.3) is 5.91 Å². The summed E-state index contributed by atoms with van der Waals surface area (Å²) in [5, 5.41) is 2.76. The first-order chi connectivity index (χ1) is 14.2. The van der Waals surface area contributed by atoms with Crippen molar-refractivity contribution in [2.75, 3.05) is 45.5 Å². The Kier molecular flexibility index (Phi) is 7.76. The van der Waals surface area contributed by atoms with Crippen LogP contribution in [0.2, 0.25) is 0 Å². The second kappa shape index (κ2) is 10.1. The number of nitrogens with one attached hydrogen (secondary N) is 1. The zero-order valence-electron chi connectivity index (χ0n) is 17.6. The molecule has 0 aliphatic carbocycles. The van der Waals surface area contributed by atoms with Gasteiger partial charge in [-0.05, 0) is 42.0 Å². The quantitative estimate of drug-likeness (QED) is 0.603. The second-order valence-corrected chi connectivity index (χ2v) is 8.34. The van der Waals surface area contributed by atoms with Crippen LogP contribution in [-0.2, 0) is 21.4 Å². The van der Waals surface area contributed by atoms with Crippen LogP contribution in [0.1, 0.15) is 5.56 Å². The van der Waals surface area contributed by atoms with Crippen LogP contribution in [0.4, 0.5) is 5.69 Å². The minimum absolute atomic E-state index is 0.189. The highest BCUT2D eigenvalue weighted by Gasteiger charge is 2.14. The summed E-state index contributed by atoms with van der Waals surface area (Å²) in [5.74, 6) is 1.60. The number of benzene rings is 2. The molecule has 1 N–H and O–H groups in total. The van der Waals surface area contributed by atoms with E-state index in [9.17, 15) is 13.2 Å². The fraction of sp³-hybridized carbons (Fsp3) is 0.350. The number of carbonyl (C=O) groups excluding carboxylic acids is 1. The van der Waals surface area contributed by atoms with Crippen molar-refractivity contribution in [1.29, 1.82) is 0 Å². The molecule has 0 fully saturated rings. The van der Waals surface area contributed by atoms with E-state index in [1.54, 1.807) is 36.4 Å². The van der Waals surface area contributed by atoms with Gasteiger partial charge in [-0.15, -0.1) is 0 Å². The van der Waals surface area contributed by atoms with Crippen molar-refractivity contribution in [3.8, 4) is 23.0 Å². The Balaban J connectivity index is 1.93. The van der Waals surface area contributed by atoms with E-state index in [-0.39, 0.29) is 19.1 Å². The molecule has 0 spiro atoms. The van der Waals surface area contributed by atoms with Crippen LogP contribution in [-0.4, -0.2) is 55.6 Å². The number of rotatable bonds is 10. The molecule has 0 saturated heterocycles. The summed E-state index contributed by atoms with van der Waals surface area (Å²) in [4.78, 5) is 12.1. The van der Waals surface area contributed by atoms with Gasteiger partial charge in [0.15, 0.2) is 18.1 Å². The van der Waals surface area contributed by atoms with Crippen LogP contribution >= 0.6 is 0 Å². The smallest absolute Gasteiger partial charge is 0.258 e. The first-order valence-corrected chi connectivity index (χ1v) is 10.8. The maximum Gasteiger partial charge on any atom is 0.258 e. The lowest BCUT2D eigenvalue weighted by molar-refractivity contribution is -0.123. The minimum Gasteiger partial charge on any atom is -0.493 e. The number of carbonyl (C=O) groups is 1. The highest BCUT2D eigenvalue weighted by atomic mass is 32.2. The lowest BCUT2D eigenvalue weighted by Crippen LogP contribution is -2.28. The number of nitrogens with zero attached hydrogens (tertiary/aromatic N) is 1. The SMILES string of the molecule is COc1cc(CNC(=O)COc2ccc(N(C)S(C)(=O)=O)cc2)cc(OC)c1OC. The fourth-order valence-electron chi connectivity index (χ4n) is 2.58. The van der Waals surface area contributed by atoms with Gasteiger partial charge in [0.1, 0.15) is 5.75 Å². The molecule has 9 nitrogen and oxygen atoms in total. The van der Waals surface area contributed by atoms with Crippen LogP contribution in [0, 0.1) is 0 Å². The largest absolute Gasteiger partial charge is 0.493 e. The number of sulfonamides is 1. The summed E-state index contributed by atoms with van der Waals surface area (Å²) in [6.07, 6.45) is 1.12. The van der Waals surface area contributed by atoms with Crippen molar-refractivity contribution in [2.45, 2.75) is 6.54 Å². The van der Waals surface area contributed by atoms with Gasteiger partial charge in [-0.25, -0.2) is 8.42 Å². The van der Waals surface area contributed by atoms with E-state index in [0.29, 0.717) is 28.7 Å². The molecule has 0 bridgehead atoms. The zero-order valence-corrected chi connectivity index (χ0v) is 18.4. The summed E-state index contributed by atoms with van der Waals surface area (Å²) in [6.45, 7) is 0.0582. The van der Waals surface area contributed by atoms with Crippen LogP contribution in [0.3, 0.4) is 0 Å². The average molecular weight is 439 g/mol. The molecule has 0 radical (unpaired) electrons. The molecule has 0 aliphatic rings. The van der Waals surface area contributed by atoms with Gasteiger partial charge in [-0.3, -0.25) is 9.10 Å². The molecule has 0 saturated carbocycles. The molecule has 0 aliphatic heterocycles. The summed E-state index contributed by atoms with van der Waals surface area (Å²) in [6, 6.07) is 9.90. The lowest BCUT2D eigenvalue weighted by Gasteiger charge is -2.17. The summed E-state index contributed by atoms with van der Waals surface area (Å²) in [7, 11) is 2.68. The molecule has 1 amide bonds. The molecule has 2 aromatic carbocycles. The van der Waals surface area contributed by atoms with Crippen molar-refractivity contribution in [3.63, 3.8) is 0 Å². The molecule has 0 aromatic heterocycles. The standard InChI is InChI=1S/C20H26N2O7S/c1-22(30(5,24)25)15-6-8-16(9-7-15)29-13-19(23)21-12-14-10-17(26-2)20(28-4)18(11-14)27-3/h6-11H,12-13H2,1-5H3,(H,21,23). The molecule has 164 valence electrons. The van der Waals surface area contributed by atoms with Crippen molar-refractivity contribution in [2.24, 2.45) is 0 Å². The average Bonchev–Trinajstić information content (AvgIpc) is 2.74. The van der Waals surface area contributed by atoms with Crippen LogP contribution in [0.15, 0.2) is 36.4 Å². The Morgan fingerprint density at radius 3 is 2.03 bits per heavy atom. The van der Waals surface area contributed by atoms with E-state index >= 15 is 0 Å². The number of methoxy groups -OCH3 is 3. The molecule has 30 heavy (non-hydrogen) atoms. The van der Waals surface area contributed by atoms with Crippen molar-refractivity contribution in [1.82, 2.24) is 5.32 Å². The first-order valence-electron chi connectivity index (χ1n) is 8.92. The Bertz CT molecular complexity index is 950. The fourth-order valence-corrected chi connectivity index (χ4v) is 3.09. The van der Waals surface area contributed by atoms with E-state index in [1.807, 2.05) is 0 Å². The van der Waals surface area contributed by atoms with Gasteiger partial charge in [-0.1, -0.05) is 0 Å². The second-order valence-electron chi connectivity index (χ2n) is 6.32. The molecule has 2 aromatic rings. The molecule has 0 atom stereocenters. The van der Waals surface area contributed by atoms with Crippen molar-refractivity contribution < 1.29 is 32.2 Å². The molecule has 10 heteroatoms. The van der Waals surface area contributed by atoms with Crippen LogP contribution in [0.25, 0.3) is 0 Å². The van der Waals surface area contributed by atoms with Crippen molar-refractivity contribution in [3.05, 3.63) is 42.0 Å². The third kappa shape index (κ3) is 5.93. The number of ether oxygens (including phenoxy) is 4. The third-order valence-electron chi connectivity index (χ3n) is 4.28. The molecule has 0 heterocycles. The zero-order chi connectivity index (χ0) is 22.3. The predicted octanol–water partition coefficient (Wildman–Crippen LogP) is 1.80. The molecule has 2 rings (SSSR count). The van der Waals surface area contributed by atoms with E-state index in [0.717, 1.165) is 16.1 Å². The Hall–Kier alpha value is -3.14. The highest BCUT2D eigenvalue weighted by Crippen LogP contribution is 2.38. The van der Waals surface area contributed by atoms with Gasteiger partial charge in [0, 0.05) is 13.6 Å². The van der Waals surface area contributed by atoms with Gasteiger partial charge < -0.3 is 24.3 Å². The number of amides is 1. The Morgan fingerprint density at radius 1 is 1.00 bits per heavy atom. The van der Waals surface area contributed by atoms with E-state index in [2.05, 4.69) is 5.32 Å². The normalized spacial score (nSPS) is 10.8. The van der Waals surface area contributed by atoms with E-state index in [4.69, 9.17) is 18.9 Å². The molecular formula is C20H26N2O7S. The summed E-state index contributed by atoms with van der Waals surface area (Å²) >= 11 is 0. The third-order valence-corrected chi connectivity index (χ3v) is 5.49. The van der Waals surface area contributed by atoms with Crippen LogP contribution in [0.5, 0.6) is 23.0 Å². The predicted molar refractivity (Wildman–Crippen MR) is 113 cm³/mol. The Labute approximate surface area is 176 Å². The number of anilines is 1. The molecular weight excluding hydrogens is 412 g/mol. The summed E-state index contributed by atoms with van der Waals surface area (Å²) < 4.78 is 45.6. The molecule has 0 unspecified atom stereocenters. The van der Waals surface area contributed by atoms with Crippen molar-refractivity contribution >= 4 is 21.6 Å². The van der Waals surface area contributed by atoms with Gasteiger partial charge in [-0.2, -0.15) is 0 Å². The van der Waals surface area contributed by atoms with Gasteiger partial charge in [0.05, 0.1) is 33.3 Å². The lowest BCUT2D eigenvalue weighted by atomic mass is 10.1. The van der Waals surface area contributed by atoms with Gasteiger partial charge >= 0.3 is 0 Å². The monoisotopic (exact) mass is 438 g/mol. The van der Waals surface area contributed by atoms with Gasteiger partial charge in [0.2, 0.25) is 15.8 Å². The number of hydrogen-bond donors (Lipinski definition) is 1. The highest BCUT2D eigenvalue weighted by molar-refractivity contribution is 7.92. The maximum atomic E-state index is 12.1. The minimum atomic E-state index is -3.34. The van der Waals surface area contributed by atoms with Crippen LogP contribution < -0.4 is 28.6 Å². The van der Waals surface area contributed by atoms with E-state index < -0.39 is 10.0 Å². The topological polar surface area (TPSA) is 103 Å². The first kappa shape index (κ1) is 23.1.